The lowest BCUT2D eigenvalue weighted by atomic mass is 9.79. The molecule has 11 heteroatoms. The second-order valence-corrected chi connectivity index (χ2v) is 12.9. The standard InChI is InChI=1S/C33H51N3O8/c1-23(22-43-31(40)35-15-6-7-16-35)9-8-10-24(2)29-25(3)11-12-28(44-32(41)36-19-17-34(5)18-20-36)33(4,42)14-13-26(37)21-27(38)30(29)39/h8-12,23,25-26,28-29,37,42H,6-7,13-22H2,1-5H3/b9-8+,12-11+,24-10+/t23-,25+,26+,28+,29-,33+/m1/s1. The van der Waals surface area contributed by atoms with E-state index in [1.807, 2.05) is 20.0 Å². The number of likely N-dealkylation sites (N-methyl/N-ethyl adjacent to an activating group) is 1. The van der Waals surface area contributed by atoms with Crippen LogP contribution < -0.4 is 0 Å². The van der Waals surface area contributed by atoms with E-state index in [0.29, 0.717) is 18.7 Å². The molecule has 11 nitrogen and oxygen atoms in total. The topological polar surface area (TPSA) is 137 Å². The van der Waals surface area contributed by atoms with Crippen LogP contribution in [0.15, 0.2) is 36.0 Å². The summed E-state index contributed by atoms with van der Waals surface area (Å²) in [4.78, 5) is 57.0. The number of ketones is 2. The molecule has 0 bridgehead atoms. The van der Waals surface area contributed by atoms with E-state index in [1.54, 1.807) is 54.9 Å². The number of piperazine rings is 1. The molecule has 0 aromatic heterocycles. The van der Waals surface area contributed by atoms with Crippen molar-refractivity contribution in [3.8, 4) is 0 Å². The SMILES string of the molecule is C/C(=C\C=C\[C@@H](C)COC(=O)N1CCCC1)[C@H]1C(=O)C(=O)C[C@@H](O)CC[C@](C)(O)[C@@H](OC(=O)N2CCN(C)CC2)/C=C/[C@@H]1C. The van der Waals surface area contributed by atoms with E-state index in [2.05, 4.69) is 4.90 Å². The minimum Gasteiger partial charge on any atom is -0.449 e. The van der Waals surface area contributed by atoms with Crippen molar-refractivity contribution in [3.63, 3.8) is 0 Å². The second-order valence-electron chi connectivity index (χ2n) is 12.9. The molecule has 0 unspecified atom stereocenters. The van der Waals surface area contributed by atoms with Gasteiger partial charge < -0.3 is 34.4 Å². The number of hydrogen-bond acceptors (Lipinski definition) is 9. The zero-order valence-corrected chi connectivity index (χ0v) is 26.9. The van der Waals surface area contributed by atoms with Gasteiger partial charge >= 0.3 is 12.2 Å². The molecule has 2 amide bonds. The third-order valence-corrected chi connectivity index (χ3v) is 8.80. The van der Waals surface area contributed by atoms with Gasteiger partial charge in [-0.3, -0.25) is 9.59 Å². The molecule has 2 aliphatic heterocycles. The predicted molar refractivity (Wildman–Crippen MR) is 166 cm³/mol. The van der Waals surface area contributed by atoms with Gasteiger partial charge in [0.2, 0.25) is 11.6 Å². The van der Waals surface area contributed by atoms with Crippen molar-refractivity contribution in [2.75, 3.05) is 52.9 Å². The van der Waals surface area contributed by atoms with E-state index >= 15 is 0 Å². The first kappa shape index (κ1) is 35.5. The molecule has 1 aliphatic carbocycles. The summed E-state index contributed by atoms with van der Waals surface area (Å²) in [6.07, 6.45) is 7.50. The third-order valence-electron chi connectivity index (χ3n) is 8.80. The fraction of sp³-hybridized carbons (Fsp3) is 0.697. The molecule has 2 heterocycles. The van der Waals surface area contributed by atoms with Gasteiger partial charge in [-0.15, -0.1) is 0 Å². The molecule has 2 saturated heterocycles. The highest BCUT2D eigenvalue weighted by Gasteiger charge is 2.38. The van der Waals surface area contributed by atoms with Crippen molar-refractivity contribution >= 4 is 23.8 Å². The molecule has 0 aromatic carbocycles. The van der Waals surface area contributed by atoms with Gasteiger partial charge in [0, 0.05) is 51.6 Å². The highest BCUT2D eigenvalue weighted by molar-refractivity contribution is 6.38. The molecule has 3 aliphatic rings. The first-order valence-corrected chi connectivity index (χ1v) is 15.8. The summed E-state index contributed by atoms with van der Waals surface area (Å²) in [7, 11) is 1.98. The highest BCUT2D eigenvalue weighted by Crippen LogP contribution is 2.29. The van der Waals surface area contributed by atoms with E-state index in [9.17, 15) is 29.4 Å². The van der Waals surface area contributed by atoms with Crippen LogP contribution >= 0.6 is 0 Å². The summed E-state index contributed by atoms with van der Waals surface area (Å²) in [6, 6.07) is 0. The average Bonchev–Trinajstić information content (AvgIpc) is 3.52. The Hall–Kier alpha value is -3.02. The van der Waals surface area contributed by atoms with Gasteiger partial charge in [0.25, 0.3) is 0 Å². The van der Waals surface area contributed by atoms with Crippen LogP contribution in [0.5, 0.6) is 0 Å². The number of carbonyl (C=O) groups excluding carboxylic acids is 4. The van der Waals surface area contributed by atoms with Gasteiger partial charge in [-0.05, 0) is 58.6 Å². The Balaban J connectivity index is 1.76. The molecule has 2 fully saturated rings. The first-order valence-electron chi connectivity index (χ1n) is 15.8. The zero-order chi connectivity index (χ0) is 32.4. The summed E-state index contributed by atoms with van der Waals surface area (Å²) in [5, 5.41) is 21.9. The number of allylic oxidation sites excluding steroid dienone is 4. The molecule has 0 radical (unpaired) electrons. The summed E-state index contributed by atoms with van der Waals surface area (Å²) in [6.45, 7) is 11.2. The van der Waals surface area contributed by atoms with Crippen LogP contribution in [0, 0.1) is 17.8 Å². The number of carbonyl (C=O) groups is 4. The van der Waals surface area contributed by atoms with Crippen molar-refractivity contribution in [2.45, 2.75) is 77.6 Å². The van der Waals surface area contributed by atoms with Crippen molar-refractivity contribution < 1.29 is 38.9 Å². The lowest BCUT2D eigenvalue weighted by Gasteiger charge is -2.36. The number of ether oxygens (including phenoxy) is 2. The van der Waals surface area contributed by atoms with Crippen LogP contribution in [-0.4, -0.2) is 119 Å². The molecule has 2 N–H and O–H groups in total. The Labute approximate surface area is 261 Å². The molecule has 0 saturated carbocycles. The number of hydrogen-bond donors (Lipinski definition) is 2. The maximum absolute atomic E-state index is 13.4. The van der Waals surface area contributed by atoms with Gasteiger partial charge in [-0.1, -0.05) is 43.7 Å². The molecule has 246 valence electrons. The molecular formula is C33H51N3O8. The lowest BCUT2D eigenvalue weighted by molar-refractivity contribution is -0.140. The monoisotopic (exact) mass is 617 g/mol. The number of rotatable bonds is 6. The largest absolute Gasteiger partial charge is 0.449 e. The molecular weight excluding hydrogens is 566 g/mol. The molecule has 44 heavy (non-hydrogen) atoms. The number of aliphatic hydroxyl groups is 2. The third kappa shape index (κ3) is 10.3. The van der Waals surface area contributed by atoms with Crippen molar-refractivity contribution in [3.05, 3.63) is 36.0 Å². The second kappa shape index (κ2) is 16.3. The van der Waals surface area contributed by atoms with Crippen molar-refractivity contribution in [1.82, 2.24) is 14.7 Å². The molecule has 3 rings (SSSR count). The van der Waals surface area contributed by atoms with Crippen molar-refractivity contribution in [1.29, 1.82) is 0 Å². The van der Waals surface area contributed by atoms with E-state index < -0.39 is 47.3 Å². The van der Waals surface area contributed by atoms with Crippen LogP contribution in [0.4, 0.5) is 9.59 Å². The maximum atomic E-state index is 13.4. The van der Waals surface area contributed by atoms with Gasteiger partial charge in [0.05, 0.1) is 18.6 Å². The Morgan fingerprint density at radius 3 is 2.36 bits per heavy atom. The van der Waals surface area contributed by atoms with Gasteiger partial charge in [-0.25, -0.2) is 9.59 Å². The lowest BCUT2D eigenvalue weighted by Crippen LogP contribution is -2.50. The van der Waals surface area contributed by atoms with E-state index in [0.717, 1.165) is 39.0 Å². The van der Waals surface area contributed by atoms with E-state index in [-0.39, 0.29) is 37.9 Å². The summed E-state index contributed by atoms with van der Waals surface area (Å²) in [5.41, 5.74) is -0.870. The predicted octanol–water partition coefficient (Wildman–Crippen LogP) is 3.35. The number of amides is 2. The highest BCUT2D eigenvalue weighted by atomic mass is 16.6. The smallest absolute Gasteiger partial charge is 0.410 e. The van der Waals surface area contributed by atoms with Crippen molar-refractivity contribution in [2.24, 2.45) is 17.8 Å². The Kier molecular flexibility index (Phi) is 13.2. The van der Waals surface area contributed by atoms with E-state index in [1.165, 1.54) is 0 Å². The van der Waals surface area contributed by atoms with Gasteiger partial charge in [0.15, 0.2) is 6.10 Å². The van der Waals surface area contributed by atoms with Crippen LogP contribution in [-0.2, 0) is 19.1 Å². The van der Waals surface area contributed by atoms with Crippen LogP contribution in [0.3, 0.4) is 0 Å². The summed E-state index contributed by atoms with van der Waals surface area (Å²) >= 11 is 0. The van der Waals surface area contributed by atoms with Gasteiger partial charge in [0.1, 0.15) is 5.60 Å². The van der Waals surface area contributed by atoms with Crippen LogP contribution in [0.1, 0.15) is 59.8 Å². The minimum atomic E-state index is -1.51. The Bertz CT molecular complexity index is 1100. The quantitative estimate of drug-likeness (QED) is 0.261. The molecule has 0 spiro atoms. The number of Topliss-reactive ketones (excluding diaryl/α,β-unsaturated/α-hetero) is 2. The Morgan fingerprint density at radius 1 is 1.07 bits per heavy atom. The number of nitrogens with zero attached hydrogens (tertiary/aromatic N) is 3. The fourth-order valence-corrected chi connectivity index (χ4v) is 5.73. The number of aliphatic hydroxyl groups excluding tert-OH is 1. The number of likely N-dealkylation sites (tertiary alicyclic amines) is 1. The first-order chi connectivity index (χ1) is 20.8. The normalized spacial score (nSPS) is 31.4. The van der Waals surface area contributed by atoms with Crippen LogP contribution in [0.25, 0.3) is 0 Å². The summed E-state index contributed by atoms with van der Waals surface area (Å²) in [5.74, 6) is -2.64. The summed E-state index contributed by atoms with van der Waals surface area (Å²) < 4.78 is 11.2. The molecule has 6 atom stereocenters. The van der Waals surface area contributed by atoms with Crippen LogP contribution in [0.2, 0.25) is 0 Å². The molecule has 0 aromatic rings. The zero-order valence-electron chi connectivity index (χ0n) is 26.9. The maximum Gasteiger partial charge on any atom is 0.410 e. The Morgan fingerprint density at radius 2 is 1.70 bits per heavy atom. The fourth-order valence-electron chi connectivity index (χ4n) is 5.73. The average molecular weight is 618 g/mol. The van der Waals surface area contributed by atoms with E-state index in [4.69, 9.17) is 9.47 Å². The van der Waals surface area contributed by atoms with Gasteiger partial charge in [-0.2, -0.15) is 0 Å². The minimum absolute atomic E-state index is 0.0560.